The summed E-state index contributed by atoms with van der Waals surface area (Å²) in [4.78, 5) is 8.77. The Balaban J connectivity index is 2.01. The molecule has 22 heavy (non-hydrogen) atoms. The Morgan fingerprint density at radius 2 is 1.91 bits per heavy atom. The Morgan fingerprint density at radius 1 is 1.18 bits per heavy atom. The SMILES string of the molecule is COc1ncc(C2Cc3ccccc3SC2(F)F)nc1OC. The molecule has 1 aliphatic rings. The summed E-state index contributed by atoms with van der Waals surface area (Å²) in [5, 5.41) is -2.96. The summed E-state index contributed by atoms with van der Waals surface area (Å²) in [6.07, 6.45) is 1.54. The first kappa shape index (κ1) is 15.0. The van der Waals surface area contributed by atoms with E-state index < -0.39 is 11.2 Å². The predicted octanol–water partition coefficient (Wildman–Crippen LogP) is 3.52. The van der Waals surface area contributed by atoms with Crippen LogP contribution in [0.4, 0.5) is 8.78 Å². The fraction of sp³-hybridized carbons (Fsp3) is 0.333. The smallest absolute Gasteiger partial charge is 0.306 e. The number of methoxy groups -OCH3 is 2. The lowest BCUT2D eigenvalue weighted by Crippen LogP contribution is -2.29. The van der Waals surface area contributed by atoms with Crippen molar-refractivity contribution in [2.75, 3.05) is 14.2 Å². The van der Waals surface area contributed by atoms with Gasteiger partial charge in [-0.15, -0.1) is 0 Å². The van der Waals surface area contributed by atoms with Crippen molar-refractivity contribution in [3.63, 3.8) is 0 Å². The average Bonchev–Trinajstić information content (AvgIpc) is 2.52. The van der Waals surface area contributed by atoms with Crippen LogP contribution in [0.5, 0.6) is 11.8 Å². The summed E-state index contributed by atoms with van der Waals surface area (Å²) in [5.74, 6) is -0.766. The molecule has 2 aromatic rings. The Hall–Kier alpha value is -1.89. The van der Waals surface area contributed by atoms with Crippen LogP contribution in [0.3, 0.4) is 0 Å². The molecule has 1 aromatic heterocycles. The molecule has 1 aromatic carbocycles. The molecule has 0 radical (unpaired) electrons. The minimum absolute atomic E-state index is 0.111. The first-order valence-corrected chi connectivity index (χ1v) is 7.46. The molecule has 1 unspecified atom stereocenters. The monoisotopic (exact) mass is 324 g/mol. The molecule has 0 bridgehead atoms. The number of fused-ring (bicyclic) bond motifs is 1. The normalized spacial score (nSPS) is 19.4. The van der Waals surface area contributed by atoms with Gasteiger partial charge in [0.1, 0.15) is 0 Å². The standard InChI is InChI=1S/C15H14F2N2O2S/c1-20-13-14(21-2)19-11(8-18-13)10-7-9-5-3-4-6-12(9)22-15(10,16)17/h3-6,8,10H,7H2,1-2H3. The summed E-state index contributed by atoms with van der Waals surface area (Å²) in [6.45, 7) is 0. The van der Waals surface area contributed by atoms with Gasteiger partial charge in [-0.05, 0) is 18.1 Å². The van der Waals surface area contributed by atoms with E-state index in [0.717, 1.165) is 5.56 Å². The van der Waals surface area contributed by atoms with Gasteiger partial charge < -0.3 is 9.47 Å². The van der Waals surface area contributed by atoms with Gasteiger partial charge in [-0.25, -0.2) is 9.97 Å². The minimum Gasteiger partial charge on any atom is -0.477 e. The Kier molecular flexibility index (Phi) is 3.90. The first-order chi connectivity index (χ1) is 10.5. The van der Waals surface area contributed by atoms with E-state index in [9.17, 15) is 8.78 Å². The third-order valence-electron chi connectivity index (χ3n) is 3.52. The molecule has 7 heteroatoms. The zero-order valence-corrected chi connectivity index (χ0v) is 12.9. The second-order valence-corrected chi connectivity index (χ2v) is 6.03. The van der Waals surface area contributed by atoms with Crippen LogP contribution in [-0.2, 0) is 6.42 Å². The molecule has 0 saturated heterocycles. The lowest BCUT2D eigenvalue weighted by atomic mass is 9.96. The van der Waals surface area contributed by atoms with Gasteiger partial charge in [-0.3, -0.25) is 0 Å². The van der Waals surface area contributed by atoms with Gasteiger partial charge in [0, 0.05) is 4.90 Å². The lowest BCUT2D eigenvalue weighted by Gasteiger charge is -2.31. The molecule has 0 amide bonds. The van der Waals surface area contributed by atoms with Crippen molar-refractivity contribution in [2.24, 2.45) is 0 Å². The van der Waals surface area contributed by atoms with Crippen molar-refractivity contribution < 1.29 is 18.3 Å². The molecule has 4 nitrogen and oxygen atoms in total. The Labute approximate surface area is 130 Å². The minimum atomic E-state index is -2.96. The molecule has 0 spiro atoms. The zero-order valence-electron chi connectivity index (χ0n) is 12.0. The molecule has 116 valence electrons. The second kappa shape index (κ2) is 5.72. The van der Waals surface area contributed by atoms with E-state index in [1.807, 2.05) is 12.1 Å². The number of alkyl halides is 2. The van der Waals surface area contributed by atoms with Crippen molar-refractivity contribution in [2.45, 2.75) is 22.5 Å². The maximum atomic E-state index is 14.5. The number of thioether (sulfide) groups is 1. The van der Waals surface area contributed by atoms with Crippen LogP contribution in [-0.4, -0.2) is 29.4 Å². The molecular weight excluding hydrogens is 310 g/mol. The van der Waals surface area contributed by atoms with E-state index in [1.165, 1.54) is 20.4 Å². The van der Waals surface area contributed by atoms with E-state index in [1.54, 1.807) is 12.1 Å². The van der Waals surface area contributed by atoms with Crippen LogP contribution >= 0.6 is 11.8 Å². The number of halogens is 2. The van der Waals surface area contributed by atoms with Gasteiger partial charge in [-0.1, -0.05) is 30.0 Å². The quantitative estimate of drug-likeness (QED) is 0.864. The highest BCUT2D eigenvalue weighted by Gasteiger charge is 2.46. The maximum absolute atomic E-state index is 14.5. The Morgan fingerprint density at radius 3 is 2.64 bits per heavy atom. The molecule has 3 rings (SSSR count). The number of hydrogen-bond donors (Lipinski definition) is 0. The van der Waals surface area contributed by atoms with Crippen LogP contribution < -0.4 is 9.47 Å². The van der Waals surface area contributed by atoms with Gasteiger partial charge in [-0.2, -0.15) is 8.78 Å². The molecule has 1 atom stereocenters. The molecule has 2 heterocycles. The van der Waals surface area contributed by atoms with Crippen LogP contribution in [0.25, 0.3) is 0 Å². The third kappa shape index (κ3) is 2.61. The highest BCUT2D eigenvalue weighted by atomic mass is 32.2. The number of hydrogen-bond acceptors (Lipinski definition) is 5. The predicted molar refractivity (Wildman–Crippen MR) is 78.8 cm³/mol. The van der Waals surface area contributed by atoms with Gasteiger partial charge in [0.25, 0.3) is 11.8 Å². The summed E-state index contributed by atoms with van der Waals surface area (Å²) in [7, 11) is 2.83. The summed E-state index contributed by atoms with van der Waals surface area (Å²) >= 11 is 0.567. The van der Waals surface area contributed by atoms with Crippen molar-refractivity contribution in [1.82, 2.24) is 9.97 Å². The number of ether oxygens (including phenoxy) is 2. The van der Waals surface area contributed by atoms with Gasteiger partial charge in [0.05, 0.1) is 32.0 Å². The van der Waals surface area contributed by atoms with E-state index in [0.29, 0.717) is 16.7 Å². The van der Waals surface area contributed by atoms with Crippen molar-refractivity contribution in [1.29, 1.82) is 0 Å². The highest BCUT2D eigenvalue weighted by Crippen LogP contribution is 2.52. The van der Waals surface area contributed by atoms with E-state index in [2.05, 4.69) is 9.97 Å². The summed E-state index contributed by atoms with van der Waals surface area (Å²) in [6, 6.07) is 7.18. The van der Waals surface area contributed by atoms with E-state index in [-0.39, 0.29) is 23.9 Å². The van der Waals surface area contributed by atoms with Gasteiger partial charge >= 0.3 is 5.25 Å². The molecule has 0 aliphatic carbocycles. The summed E-state index contributed by atoms with van der Waals surface area (Å²) in [5.41, 5.74) is 1.09. The van der Waals surface area contributed by atoms with Crippen LogP contribution in [0, 0.1) is 0 Å². The first-order valence-electron chi connectivity index (χ1n) is 6.65. The summed E-state index contributed by atoms with van der Waals surface area (Å²) < 4.78 is 39.0. The third-order valence-corrected chi connectivity index (χ3v) is 4.69. The topological polar surface area (TPSA) is 44.2 Å². The van der Waals surface area contributed by atoms with Crippen molar-refractivity contribution in [3.05, 3.63) is 41.7 Å². The molecule has 0 saturated carbocycles. The Bertz CT molecular complexity index is 697. The lowest BCUT2D eigenvalue weighted by molar-refractivity contribution is 0.0674. The van der Waals surface area contributed by atoms with Gasteiger partial charge in [0.2, 0.25) is 0 Å². The zero-order chi connectivity index (χ0) is 15.7. The van der Waals surface area contributed by atoms with Crippen LogP contribution in [0.1, 0.15) is 17.2 Å². The maximum Gasteiger partial charge on any atom is 0.306 e. The molecular formula is C15H14F2N2O2S. The second-order valence-electron chi connectivity index (χ2n) is 4.84. The van der Waals surface area contributed by atoms with Crippen LogP contribution in [0.2, 0.25) is 0 Å². The fourth-order valence-electron chi connectivity index (χ4n) is 2.42. The fourth-order valence-corrected chi connectivity index (χ4v) is 3.49. The largest absolute Gasteiger partial charge is 0.477 e. The number of benzene rings is 1. The number of nitrogens with zero attached hydrogens (tertiary/aromatic N) is 2. The van der Waals surface area contributed by atoms with Gasteiger partial charge in [0.15, 0.2) is 0 Å². The van der Waals surface area contributed by atoms with Crippen LogP contribution in [0.15, 0.2) is 35.4 Å². The van der Waals surface area contributed by atoms with Crippen molar-refractivity contribution in [3.8, 4) is 11.8 Å². The number of rotatable bonds is 3. The highest BCUT2D eigenvalue weighted by molar-refractivity contribution is 8.00. The van der Waals surface area contributed by atoms with E-state index in [4.69, 9.17) is 9.47 Å². The molecule has 0 fully saturated rings. The van der Waals surface area contributed by atoms with Crippen molar-refractivity contribution >= 4 is 11.8 Å². The molecule has 0 N–H and O–H groups in total. The average molecular weight is 324 g/mol. The number of aromatic nitrogens is 2. The molecule has 1 aliphatic heterocycles. The van der Waals surface area contributed by atoms with E-state index >= 15 is 0 Å².